The first-order valence-electron chi connectivity index (χ1n) is 5.26. The first-order valence-corrected chi connectivity index (χ1v) is 9.08. The lowest BCUT2D eigenvalue weighted by Gasteiger charge is -2.11. The molecular weight excluding hydrogens is 365 g/mol. The van der Waals surface area contributed by atoms with Crippen molar-refractivity contribution in [2.45, 2.75) is 18.9 Å². The lowest BCUT2D eigenvalue weighted by atomic mass is 10.2. The molecule has 112 valence electrons. The molecule has 1 heterocycles. The van der Waals surface area contributed by atoms with E-state index in [1.807, 2.05) is 0 Å². The molecule has 1 unspecified atom stereocenters. The van der Waals surface area contributed by atoms with E-state index in [2.05, 4.69) is 0 Å². The van der Waals surface area contributed by atoms with Crippen molar-refractivity contribution in [2.75, 3.05) is 0 Å². The molecule has 2 aromatic rings. The molecule has 2 rings (SSSR count). The van der Waals surface area contributed by atoms with E-state index in [0.717, 1.165) is 5.39 Å². The van der Waals surface area contributed by atoms with Gasteiger partial charge in [0.1, 0.15) is 0 Å². The van der Waals surface area contributed by atoms with Crippen molar-refractivity contribution in [1.82, 2.24) is 0 Å². The average molecular weight is 375 g/mol. The Morgan fingerprint density at radius 2 is 1.60 bits per heavy atom. The van der Waals surface area contributed by atoms with Crippen molar-refractivity contribution in [2.24, 2.45) is 0 Å². The quantitative estimate of drug-likeness (QED) is 0.650. The lowest BCUT2D eigenvalue weighted by molar-refractivity contribution is -2.00. The zero-order valence-corrected chi connectivity index (χ0v) is 12.5. The Labute approximate surface area is 119 Å². The van der Waals surface area contributed by atoms with Gasteiger partial charge in [-0.05, 0) is 12.1 Å². The van der Waals surface area contributed by atoms with Gasteiger partial charge in [0.05, 0.1) is 24.6 Å². The predicted octanol–water partition coefficient (Wildman–Crippen LogP) is -0.128. The van der Waals surface area contributed by atoms with Crippen LogP contribution in [0.5, 0.6) is 0 Å². The highest BCUT2D eigenvalue weighted by Gasteiger charge is 2.47. The van der Waals surface area contributed by atoms with E-state index in [4.69, 9.17) is 16.8 Å². The van der Waals surface area contributed by atoms with E-state index in [0.29, 0.717) is 16.0 Å². The molecule has 0 fully saturated rings. The molecule has 0 saturated heterocycles. The summed E-state index contributed by atoms with van der Waals surface area (Å²) in [5, 5.41) is 0.718. The molecule has 1 aromatic carbocycles. The first-order chi connectivity index (χ1) is 9.04. The van der Waals surface area contributed by atoms with Gasteiger partial charge in [-0.15, -0.1) is 13.2 Å². The number of hydrogen-bond donors (Lipinski definition) is 0. The van der Waals surface area contributed by atoms with Crippen LogP contribution < -0.4 is 16.8 Å². The standard InChI is InChI=1S/C11H10F3S.BrO4/c1-2-9-7-8-5-3-4-6-10(8)15(9)11(12,13)14;2-1(3,4)5/h3-7H,2H2,1H3;/q+1;-1. The van der Waals surface area contributed by atoms with Gasteiger partial charge in [-0.3, -0.25) is 16.8 Å². The number of benzene rings is 1. The largest absolute Gasteiger partial charge is 0.600 e. The number of alkyl halides is 3. The molecule has 20 heavy (non-hydrogen) atoms. The van der Waals surface area contributed by atoms with Crippen LogP contribution in [-0.2, 0) is 11.9 Å². The third-order valence-electron chi connectivity index (χ3n) is 2.30. The van der Waals surface area contributed by atoms with Crippen molar-refractivity contribution in [3.05, 3.63) is 35.2 Å². The van der Waals surface area contributed by atoms with Crippen LogP contribution in [0.1, 0.15) is 11.8 Å². The maximum absolute atomic E-state index is 12.8. The zero-order valence-electron chi connectivity index (χ0n) is 10.1. The Morgan fingerprint density at radius 3 is 2.05 bits per heavy atom. The summed E-state index contributed by atoms with van der Waals surface area (Å²) in [6, 6.07) is 8.42. The monoisotopic (exact) mass is 374 g/mol. The SMILES string of the molecule is CCc1cc2ccccc2[s+]1C(F)(F)F.[O-][Br+3]([O-])([O-])[O-]. The second-order valence-electron chi connectivity index (χ2n) is 3.63. The molecule has 0 radical (unpaired) electrons. The maximum Gasteiger partial charge on any atom is 0.600 e. The van der Waals surface area contributed by atoms with Crippen molar-refractivity contribution in [1.29, 1.82) is 0 Å². The van der Waals surface area contributed by atoms with Crippen molar-refractivity contribution in [3.63, 3.8) is 0 Å². The van der Waals surface area contributed by atoms with E-state index in [-0.39, 0.29) is 0 Å². The minimum Gasteiger partial charge on any atom is -0.264 e. The second-order valence-corrected chi connectivity index (χ2v) is 7.26. The third-order valence-corrected chi connectivity index (χ3v) is 4.50. The smallest absolute Gasteiger partial charge is 0.264 e. The van der Waals surface area contributed by atoms with Crippen LogP contribution in [0.15, 0.2) is 30.3 Å². The van der Waals surface area contributed by atoms with Crippen LogP contribution in [0.2, 0.25) is 0 Å². The summed E-state index contributed by atoms with van der Waals surface area (Å²) in [4.78, 5) is 0.490. The Morgan fingerprint density at radius 1 is 1.10 bits per heavy atom. The van der Waals surface area contributed by atoms with Crippen molar-refractivity contribution >= 4 is 20.6 Å². The Hall–Kier alpha value is -0.710. The lowest BCUT2D eigenvalue weighted by Crippen LogP contribution is -2.68. The molecule has 0 aliphatic heterocycles. The maximum atomic E-state index is 12.8. The van der Waals surface area contributed by atoms with Gasteiger partial charge >= 0.3 is 5.51 Å². The van der Waals surface area contributed by atoms with Gasteiger partial charge in [-0.1, -0.05) is 19.1 Å². The summed E-state index contributed by atoms with van der Waals surface area (Å²) < 4.78 is 73.3. The minimum absolute atomic E-state index is 0.418. The molecule has 0 bridgehead atoms. The molecule has 0 aliphatic rings. The number of fused-ring (bicyclic) bond motifs is 1. The van der Waals surface area contributed by atoms with Crippen LogP contribution >= 0.6 is 10.5 Å². The molecule has 0 N–H and O–H groups in total. The normalized spacial score (nSPS) is 13.1. The third kappa shape index (κ3) is 5.00. The molecule has 0 amide bonds. The molecule has 4 nitrogen and oxygen atoms in total. The number of halogens is 4. The number of aryl methyl sites for hydroxylation is 1. The highest BCUT2D eigenvalue weighted by Crippen LogP contribution is 2.50. The van der Waals surface area contributed by atoms with Gasteiger partial charge in [-0.2, -0.15) is 0 Å². The fourth-order valence-corrected chi connectivity index (χ4v) is 3.62. The summed E-state index contributed by atoms with van der Waals surface area (Å²) in [6.07, 6.45) is 0.456. The number of hydrogen-bond acceptors (Lipinski definition) is 4. The van der Waals surface area contributed by atoms with Crippen LogP contribution in [0.4, 0.5) is 13.2 Å². The van der Waals surface area contributed by atoms with Crippen molar-refractivity contribution < 1.29 is 44.1 Å². The topological polar surface area (TPSA) is 92.2 Å². The van der Waals surface area contributed by atoms with E-state index >= 15 is 0 Å². The van der Waals surface area contributed by atoms with Gasteiger partial charge in [0.25, 0.3) is 0 Å². The van der Waals surface area contributed by atoms with Gasteiger partial charge in [0, 0.05) is 17.9 Å². The van der Waals surface area contributed by atoms with E-state index < -0.39 is 30.1 Å². The Bertz CT molecular complexity index is 571. The van der Waals surface area contributed by atoms with Gasteiger partial charge in [0.2, 0.25) is 0 Å². The van der Waals surface area contributed by atoms with Crippen molar-refractivity contribution in [3.8, 4) is 0 Å². The van der Waals surface area contributed by atoms with Crippen LogP contribution in [0, 0.1) is 14.1 Å². The second kappa shape index (κ2) is 6.37. The highest BCUT2D eigenvalue weighted by atomic mass is 80.0. The van der Waals surface area contributed by atoms with Crippen LogP contribution in [0.3, 0.4) is 0 Å². The molecule has 9 heteroatoms. The first kappa shape index (κ1) is 17.3. The summed E-state index contributed by atoms with van der Waals surface area (Å²) in [5.74, 6) is 0. The zero-order chi connectivity index (χ0) is 15.6. The van der Waals surface area contributed by atoms with E-state index in [1.165, 1.54) is 0 Å². The summed E-state index contributed by atoms with van der Waals surface area (Å²) in [6.45, 7) is 1.77. The molecular formula is C11H10BrF3O4S. The Balaban J connectivity index is 0.000000347. The molecule has 0 saturated carbocycles. The highest BCUT2D eigenvalue weighted by molar-refractivity contribution is 7.38. The molecule has 1 atom stereocenters. The number of rotatable bonds is 1. The van der Waals surface area contributed by atoms with Crippen LogP contribution in [0.25, 0.3) is 10.1 Å². The van der Waals surface area contributed by atoms with E-state index in [9.17, 15) is 13.2 Å². The summed E-state index contributed by atoms with van der Waals surface area (Å²) in [7, 11) is -1.70. The van der Waals surface area contributed by atoms with Gasteiger partial charge in [0.15, 0.2) is 9.58 Å². The summed E-state index contributed by atoms with van der Waals surface area (Å²) in [5.41, 5.74) is -4.14. The summed E-state index contributed by atoms with van der Waals surface area (Å²) >= 11 is -5.62. The molecule has 0 spiro atoms. The van der Waals surface area contributed by atoms with Gasteiger partial charge < -0.3 is 0 Å². The fourth-order valence-electron chi connectivity index (χ4n) is 1.68. The van der Waals surface area contributed by atoms with Crippen LogP contribution in [-0.4, -0.2) is 0 Å². The van der Waals surface area contributed by atoms with Gasteiger partial charge in [-0.25, -0.2) is 0 Å². The molecule has 1 aromatic heterocycles. The van der Waals surface area contributed by atoms with E-state index in [1.54, 1.807) is 37.3 Å². The molecule has 0 aliphatic carbocycles. The predicted molar refractivity (Wildman–Crippen MR) is 57.1 cm³/mol. The Kier molecular flexibility index (Phi) is 5.53. The minimum atomic E-state index is -5.62. The fraction of sp³-hybridized carbons (Fsp3) is 0.273. The number of thiophene rings is 1. The average Bonchev–Trinajstić information content (AvgIpc) is 2.64.